The molecule has 0 amide bonds. The number of cyclic esters (lactones) is 1. The highest BCUT2D eigenvalue weighted by Crippen LogP contribution is 2.34. The first-order valence-electron chi connectivity index (χ1n) is 7.32. The van der Waals surface area contributed by atoms with E-state index >= 15 is 0 Å². The second-order valence-corrected chi connectivity index (χ2v) is 5.93. The third kappa shape index (κ3) is 4.34. The van der Waals surface area contributed by atoms with Gasteiger partial charge >= 0.3 is 11.9 Å². The molecule has 0 spiro atoms. The molecule has 0 fully saturated rings. The van der Waals surface area contributed by atoms with Crippen LogP contribution in [0, 0.1) is 11.8 Å². The maximum Gasteiger partial charge on any atom is 0.347 e. The molecule has 0 saturated heterocycles. The topological polar surface area (TPSA) is 72.8 Å². The summed E-state index contributed by atoms with van der Waals surface area (Å²) in [5, 5.41) is 10.2. The van der Waals surface area contributed by atoms with Gasteiger partial charge in [-0.15, -0.1) is 0 Å². The zero-order chi connectivity index (χ0) is 16.2. The van der Waals surface area contributed by atoms with Crippen LogP contribution < -0.4 is 0 Å². The minimum atomic E-state index is -0.674. The third-order valence-corrected chi connectivity index (χ3v) is 2.91. The Morgan fingerprint density at radius 1 is 1.24 bits per heavy atom. The Labute approximate surface area is 125 Å². The predicted molar refractivity (Wildman–Crippen MR) is 78.3 cm³/mol. The maximum atomic E-state index is 12.1. The van der Waals surface area contributed by atoms with Crippen LogP contribution in [0.1, 0.15) is 47.5 Å². The molecule has 1 aliphatic rings. The van der Waals surface area contributed by atoms with Crippen molar-refractivity contribution in [2.24, 2.45) is 11.8 Å². The molecule has 0 saturated carbocycles. The average Bonchev–Trinajstić information content (AvgIpc) is 2.64. The first-order valence-corrected chi connectivity index (χ1v) is 7.32. The van der Waals surface area contributed by atoms with E-state index < -0.39 is 11.9 Å². The lowest BCUT2D eigenvalue weighted by Crippen LogP contribution is -2.13. The van der Waals surface area contributed by atoms with Crippen molar-refractivity contribution >= 4 is 11.9 Å². The molecule has 118 valence electrons. The molecule has 0 aromatic heterocycles. The van der Waals surface area contributed by atoms with Crippen molar-refractivity contribution in [3.63, 3.8) is 0 Å². The Balaban J connectivity index is 3.29. The lowest BCUT2D eigenvalue weighted by molar-refractivity contribution is -0.138. The number of hydrogen-bond donors (Lipinski definition) is 1. The van der Waals surface area contributed by atoms with Gasteiger partial charge in [0.15, 0.2) is 0 Å². The molecule has 0 aliphatic carbocycles. The number of aliphatic hydroxyl groups is 1. The van der Waals surface area contributed by atoms with Crippen LogP contribution in [0.15, 0.2) is 22.7 Å². The first kappa shape index (κ1) is 17.3. The van der Waals surface area contributed by atoms with E-state index in [1.54, 1.807) is 6.92 Å². The van der Waals surface area contributed by atoms with Crippen molar-refractivity contribution in [1.82, 2.24) is 0 Å². The van der Waals surface area contributed by atoms with Crippen molar-refractivity contribution in [2.75, 3.05) is 6.61 Å². The highest BCUT2D eigenvalue weighted by atomic mass is 16.6. The lowest BCUT2D eigenvalue weighted by Gasteiger charge is -2.09. The van der Waals surface area contributed by atoms with Gasteiger partial charge in [-0.1, -0.05) is 27.7 Å². The largest absolute Gasteiger partial charge is 0.511 e. The number of hydrogen-bond acceptors (Lipinski definition) is 5. The van der Waals surface area contributed by atoms with Crippen LogP contribution in [0.4, 0.5) is 0 Å². The monoisotopic (exact) mass is 296 g/mol. The number of ether oxygens (including phenoxy) is 2. The van der Waals surface area contributed by atoms with E-state index in [4.69, 9.17) is 9.47 Å². The summed E-state index contributed by atoms with van der Waals surface area (Å²) in [6, 6.07) is 0. The van der Waals surface area contributed by atoms with Crippen LogP contribution in [-0.2, 0) is 19.1 Å². The molecular formula is C16H24O5. The summed E-state index contributed by atoms with van der Waals surface area (Å²) >= 11 is 0. The number of carbonyl (C=O) groups is 2. The second kappa shape index (κ2) is 7.29. The number of rotatable bonds is 6. The maximum absolute atomic E-state index is 12.1. The van der Waals surface area contributed by atoms with Crippen LogP contribution in [0.3, 0.4) is 0 Å². The molecule has 0 atom stereocenters. The Bertz CT molecular complexity index is 483. The van der Waals surface area contributed by atoms with E-state index in [1.165, 1.54) is 0 Å². The molecule has 5 heteroatoms. The van der Waals surface area contributed by atoms with E-state index in [0.29, 0.717) is 18.6 Å². The van der Waals surface area contributed by atoms with Crippen LogP contribution in [0.2, 0.25) is 0 Å². The summed E-state index contributed by atoms with van der Waals surface area (Å²) in [5.41, 5.74) is 0.0338. The quantitative estimate of drug-likeness (QED) is 0.462. The molecule has 5 nitrogen and oxygen atoms in total. The molecule has 1 heterocycles. The molecule has 0 unspecified atom stereocenters. The third-order valence-electron chi connectivity index (χ3n) is 2.91. The smallest absolute Gasteiger partial charge is 0.347 e. The van der Waals surface area contributed by atoms with Gasteiger partial charge in [-0.05, 0) is 18.8 Å². The van der Waals surface area contributed by atoms with Gasteiger partial charge in [0.05, 0.1) is 6.61 Å². The normalized spacial score (nSPS) is 17.6. The Morgan fingerprint density at radius 2 is 1.86 bits per heavy atom. The van der Waals surface area contributed by atoms with Gasteiger partial charge in [0.2, 0.25) is 0 Å². The highest BCUT2D eigenvalue weighted by Gasteiger charge is 2.38. The van der Waals surface area contributed by atoms with E-state index in [2.05, 4.69) is 0 Å². The fourth-order valence-corrected chi connectivity index (χ4v) is 2.14. The van der Waals surface area contributed by atoms with Gasteiger partial charge in [0.25, 0.3) is 0 Å². The summed E-state index contributed by atoms with van der Waals surface area (Å²) in [6.45, 7) is 9.64. The molecule has 1 rings (SSSR count). The molecule has 0 aromatic rings. The Kier molecular flexibility index (Phi) is 6.00. The molecular weight excluding hydrogens is 272 g/mol. The number of allylic oxidation sites excluding steroid dienone is 2. The minimum Gasteiger partial charge on any atom is -0.511 e. The first-order chi connectivity index (χ1) is 9.77. The summed E-state index contributed by atoms with van der Waals surface area (Å²) in [7, 11) is 0. The SMILES string of the molecule is CCOC(=O)C1=C(CC(C)C)OC(=O)C1=C(O)CC(C)C. The van der Waals surface area contributed by atoms with E-state index in [-0.39, 0.29) is 35.3 Å². The summed E-state index contributed by atoms with van der Waals surface area (Å²) in [5.74, 6) is -0.751. The van der Waals surface area contributed by atoms with E-state index in [9.17, 15) is 14.7 Å². The minimum absolute atomic E-state index is 0.0437. The van der Waals surface area contributed by atoms with Crippen molar-refractivity contribution in [3.05, 3.63) is 22.7 Å². The zero-order valence-electron chi connectivity index (χ0n) is 13.4. The summed E-state index contributed by atoms with van der Waals surface area (Å²) < 4.78 is 10.2. The fourth-order valence-electron chi connectivity index (χ4n) is 2.14. The number of aliphatic hydroxyl groups excluding tert-OH is 1. The molecule has 0 bridgehead atoms. The molecule has 0 aromatic carbocycles. The summed E-state index contributed by atoms with van der Waals surface area (Å²) in [6.07, 6.45) is 0.751. The Morgan fingerprint density at radius 3 is 2.33 bits per heavy atom. The standard InChI is InChI=1S/C16H24O5/c1-6-20-15(18)14-12(8-10(4)5)21-16(19)13(14)11(17)7-9(2)3/h9-10,17H,6-8H2,1-5H3. The van der Waals surface area contributed by atoms with Gasteiger partial charge in [-0.3, -0.25) is 0 Å². The van der Waals surface area contributed by atoms with Crippen LogP contribution in [0.5, 0.6) is 0 Å². The van der Waals surface area contributed by atoms with Crippen molar-refractivity contribution < 1.29 is 24.2 Å². The molecule has 1 N–H and O–H groups in total. The van der Waals surface area contributed by atoms with Crippen molar-refractivity contribution in [2.45, 2.75) is 47.5 Å². The summed E-state index contributed by atoms with van der Waals surface area (Å²) in [4.78, 5) is 24.1. The zero-order valence-corrected chi connectivity index (χ0v) is 13.4. The van der Waals surface area contributed by atoms with Crippen LogP contribution in [-0.4, -0.2) is 23.7 Å². The number of carbonyl (C=O) groups excluding carboxylic acids is 2. The molecule has 1 aliphatic heterocycles. The van der Waals surface area contributed by atoms with Gasteiger partial charge in [-0.25, -0.2) is 9.59 Å². The van der Waals surface area contributed by atoms with Crippen LogP contribution >= 0.6 is 0 Å². The van der Waals surface area contributed by atoms with Gasteiger partial charge in [0, 0.05) is 12.8 Å². The lowest BCUT2D eigenvalue weighted by atomic mass is 9.98. The van der Waals surface area contributed by atoms with E-state index in [0.717, 1.165) is 0 Å². The van der Waals surface area contributed by atoms with Crippen molar-refractivity contribution in [1.29, 1.82) is 0 Å². The second-order valence-electron chi connectivity index (χ2n) is 5.93. The average molecular weight is 296 g/mol. The van der Waals surface area contributed by atoms with Gasteiger partial charge < -0.3 is 14.6 Å². The Hall–Kier alpha value is -1.78. The van der Waals surface area contributed by atoms with Crippen molar-refractivity contribution in [3.8, 4) is 0 Å². The fraction of sp³-hybridized carbons (Fsp3) is 0.625. The predicted octanol–water partition coefficient (Wildman–Crippen LogP) is 3.26. The molecule has 0 radical (unpaired) electrons. The highest BCUT2D eigenvalue weighted by molar-refractivity contribution is 6.10. The van der Waals surface area contributed by atoms with E-state index in [1.807, 2.05) is 27.7 Å². The molecule has 21 heavy (non-hydrogen) atoms. The van der Waals surface area contributed by atoms with Gasteiger partial charge in [0.1, 0.15) is 22.7 Å². The van der Waals surface area contributed by atoms with Gasteiger partial charge in [-0.2, -0.15) is 0 Å². The van der Waals surface area contributed by atoms with Crippen LogP contribution in [0.25, 0.3) is 0 Å². The number of esters is 2.